The molecule has 1 amide bonds. The largest absolute Gasteiger partial charge is 0.497 e. The minimum Gasteiger partial charge on any atom is -0.497 e. The van der Waals surface area contributed by atoms with Crippen molar-refractivity contribution >= 4 is 23.2 Å². The fourth-order valence-electron chi connectivity index (χ4n) is 2.59. The van der Waals surface area contributed by atoms with E-state index in [9.17, 15) is 4.79 Å². The molecule has 108 valence electrons. The SMILES string of the molecule is COc1ccc(N2C(=O)[C@@H](N)[C@@H]2c2cccc(Cl)c2)cc1. The summed E-state index contributed by atoms with van der Waals surface area (Å²) in [5.74, 6) is 0.653. The number of amides is 1. The average molecular weight is 303 g/mol. The topological polar surface area (TPSA) is 55.6 Å². The van der Waals surface area contributed by atoms with E-state index in [-0.39, 0.29) is 11.9 Å². The maximum Gasteiger partial charge on any atom is 0.247 e. The van der Waals surface area contributed by atoms with Crippen LogP contribution in [0, 0.1) is 0 Å². The number of carbonyl (C=O) groups excluding carboxylic acids is 1. The van der Waals surface area contributed by atoms with Crippen LogP contribution in [0.3, 0.4) is 0 Å². The Morgan fingerprint density at radius 1 is 1.19 bits per heavy atom. The molecule has 0 bridgehead atoms. The van der Waals surface area contributed by atoms with E-state index in [0.717, 1.165) is 17.0 Å². The van der Waals surface area contributed by atoms with Gasteiger partial charge in [-0.15, -0.1) is 0 Å². The van der Waals surface area contributed by atoms with Crippen LogP contribution in [0.1, 0.15) is 11.6 Å². The van der Waals surface area contributed by atoms with Crippen LogP contribution in [0.2, 0.25) is 5.02 Å². The van der Waals surface area contributed by atoms with Gasteiger partial charge in [-0.3, -0.25) is 4.79 Å². The first-order valence-corrected chi connectivity index (χ1v) is 6.98. The number of nitrogens with zero attached hydrogens (tertiary/aromatic N) is 1. The Morgan fingerprint density at radius 3 is 2.52 bits per heavy atom. The summed E-state index contributed by atoms with van der Waals surface area (Å²) in [5, 5.41) is 0.633. The summed E-state index contributed by atoms with van der Waals surface area (Å²) < 4.78 is 5.13. The quantitative estimate of drug-likeness (QED) is 0.887. The summed E-state index contributed by atoms with van der Waals surface area (Å²) in [6.45, 7) is 0. The summed E-state index contributed by atoms with van der Waals surface area (Å²) in [6, 6.07) is 14.0. The van der Waals surface area contributed by atoms with Gasteiger partial charge in [0.2, 0.25) is 5.91 Å². The molecule has 0 spiro atoms. The predicted molar refractivity (Wildman–Crippen MR) is 82.6 cm³/mol. The molecule has 2 atom stereocenters. The van der Waals surface area contributed by atoms with E-state index >= 15 is 0 Å². The Balaban J connectivity index is 1.94. The van der Waals surface area contributed by atoms with Crippen LogP contribution in [0.4, 0.5) is 5.69 Å². The molecule has 1 fully saturated rings. The van der Waals surface area contributed by atoms with Gasteiger partial charge in [0.05, 0.1) is 13.2 Å². The monoisotopic (exact) mass is 302 g/mol. The fourth-order valence-corrected chi connectivity index (χ4v) is 2.79. The number of hydrogen-bond donors (Lipinski definition) is 1. The normalized spacial score (nSPS) is 21.1. The number of anilines is 1. The van der Waals surface area contributed by atoms with Crippen molar-refractivity contribution in [1.29, 1.82) is 0 Å². The highest BCUT2D eigenvalue weighted by molar-refractivity contribution is 6.30. The Morgan fingerprint density at radius 2 is 1.90 bits per heavy atom. The highest BCUT2D eigenvalue weighted by atomic mass is 35.5. The van der Waals surface area contributed by atoms with E-state index in [2.05, 4.69) is 0 Å². The molecule has 2 aromatic carbocycles. The van der Waals surface area contributed by atoms with Crippen molar-refractivity contribution in [1.82, 2.24) is 0 Å². The van der Waals surface area contributed by atoms with E-state index in [1.165, 1.54) is 0 Å². The van der Waals surface area contributed by atoms with Gasteiger partial charge in [-0.2, -0.15) is 0 Å². The van der Waals surface area contributed by atoms with E-state index in [4.69, 9.17) is 22.1 Å². The summed E-state index contributed by atoms with van der Waals surface area (Å²) >= 11 is 6.03. The van der Waals surface area contributed by atoms with Crippen LogP contribution < -0.4 is 15.4 Å². The Bertz CT molecular complexity index is 672. The lowest BCUT2D eigenvalue weighted by molar-refractivity contribution is -0.126. The zero-order valence-corrected chi connectivity index (χ0v) is 12.2. The molecule has 0 aliphatic carbocycles. The van der Waals surface area contributed by atoms with Crippen molar-refractivity contribution in [3.05, 3.63) is 59.1 Å². The third-order valence-electron chi connectivity index (χ3n) is 3.68. The highest BCUT2D eigenvalue weighted by Gasteiger charge is 2.46. The second-order valence-corrected chi connectivity index (χ2v) is 5.37. The van der Waals surface area contributed by atoms with Gasteiger partial charge in [-0.25, -0.2) is 0 Å². The first kappa shape index (κ1) is 13.9. The molecule has 2 aromatic rings. The summed E-state index contributed by atoms with van der Waals surface area (Å²) in [7, 11) is 1.61. The predicted octanol–water partition coefficient (Wildman–Crippen LogP) is 2.76. The van der Waals surface area contributed by atoms with Gasteiger partial charge in [-0.1, -0.05) is 23.7 Å². The number of benzene rings is 2. The van der Waals surface area contributed by atoms with Gasteiger partial charge in [0.1, 0.15) is 11.8 Å². The molecule has 1 heterocycles. The second-order valence-electron chi connectivity index (χ2n) is 4.93. The molecular formula is C16H15ClN2O2. The number of rotatable bonds is 3. The zero-order chi connectivity index (χ0) is 15.0. The van der Waals surface area contributed by atoms with Crippen molar-refractivity contribution in [2.24, 2.45) is 5.73 Å². The van der Waals surface area contributed by atoms with Crippen molar-refractivity contribution in [3.63, 3.8) is 0 Å². The van der Waals surface area contributed by atoms with Crippen LogP contribution in [0.25, 0.3) is 0 Å². The van der Waals surface area contributed by atoms with Gasteiger partial charge < -0.3 is 15.4 Å². The van der Waals surface area contributed by atoms with Crippen LogP contribution in [-0.4, -0.2) is 19.1 Å². The lowest BCUT2D eigenvalue weighted by Crippen LogP contribution is -2.63. The number of ether oxygens (including phenoxy) is 1. The smallest absolute Gasteiger partial charge is 0.247 e. The van der Waals surface area contributed by atoms with Crippen LogP contribution >= 0.6 is 11.6 Å². The number of halogens is 1. The van der Waals surface area contributed by atoms with Crippen LogP contribution in [-0.2, 0) is 4.79 Å². The van der Waals surface area contributed by atoms with Crippen molar-refractivity contribution < 1.29 is 9.53 Å². The molecule has 0 aromatic heterocycles. The summed E-state index contributed by atoms with van der Waals surface area (Å²) in [5.41, 5.74) is 7.71. The standard InChI is InChI=1S/C16H15ClN2O2/c1-21-13-7-5-12(6-8-13)19-15(14(18)16(19)20)10-3-2-4-11(17)9-10/h2-9,14-15H,18H2,1H3/t14-,15-/m0/s1. The molecule has 1 aliphatic heterocycles. The van der Waals surface area contributed by atoms with Crippen molar-refractivity contribution in [3.8, 4) is 5.75 Å². The van der Waals surface area contributed by atoms with E-state index in [1.807, 2.05) is 42.5 Å². The third kappa shape index (κ3) is 2.37. The highest BCUT2D eigenvalue weighted by Crippen LogP contribution is 2.39. The van der Waals surface area contributed by atoms with E-state index in [0.29, 0.717) is 5.02 Å². The second kappa shape index (κ2) is 5.39. The molecule has 1 saturated heterocycles. The fraction of sp³-hybridized carbons (Fsp3) is 0.188. The summed E-state index contributed by atoms with van der Waals surface area (Å²) in [6.07, 6.45) is 0. The first-order chi connectivity index (χ1) is 10.1. The van der Waals surface area contributed by atoms with Gasteiger partial charge in [0.15, 0.2) is 0 Å². The average Bonchev–Trinajstić information content (AvgIpc) is 2.51. The number of carbonyl (C=O) groups is 1. The first-order valence-electron chi connectivity index (χ1n) is 6.60. The molecule has 4 nitrogen and oxygen atoms in total. The number of β-lactam (4-membered cyclic amide) rings is 1. The maximum absolute atomic E-state index is 12.1. The minimum absolute atomic E-state index is 0.0925. The Kier molecular flexibility index (Phi) is 3.57. The number of nitrogens with two attached hydrogens (primary N) is 1. The Hall–Kier alpha value is -2.04. The molecular weight excluding hydrogens is 288 g/mol. The van der Waals surface area contributed by atoms with Crippen LogP contribution in [0.5, 0.6) is 5.75 Å². The van der Waals surface area contributed by atoms with E-state index in [1.54, 1.807) is 18.1 Å². The van der Waals surface area contributed by atoms with Crippen molar-refractivity contribution in [2.45, 2.75) is 12.1 Å². The van der Waals surface area contributed by atoms with Crippen LogP contribution in [0.15, 0.2) is 48.5 Å². The van der Waals surface area contributed by atoms with Gasteiger partial charge >= 0.3 is 0 Å². The summed E-state index contributed by atoms with van der Waals surface area (Å²) in [4.78, 5) is 13.8. The third-order valence-corrected chi connectivity index (χ3v) is 3.92. The molecule has 0 saturated carbocycles. The van der Waals surface area contributed by atoms with Gasteiger partial charge in [-0.05, 0) is 42.0 Å². The molecule has 2 N–H and O–H groups in total. The van der Waals surface area contributed by atoms with Crippen molar-refractivity contribution in [2.75, 3.05) is 12.0 Å². The van der Waals surface area contributed by atoms with Gasteiger partial charge in [0.25, 0.3) is 0 Å². The lowest BCUT2D eigenvalue weighted by atomic mass is 9.88. The minimum atomic E-state index is -0.537. The molecule has 0 radical (unpaired) electrons. The van der Waals surface area contributed by atoms with Gasteiger partial charge in [0, 0.05) is 10.7 Å². The molecule has 3 rings (SSSR count). The van der Waals surface area contributed by atoms with E-state index < -0.39 is 6.04 Å². The zero-order valence-electron chi connectivity index (χ0n) is 11.5. The molecule has 5 heteroatoms. The number of hydrogen-bond acceptors (Lipinski definition) is 3. The molecule has 1 aliphatic rings. The number of methoxy groups -OCH3 is 1. The Labute approximate surface area is 128 Å². The maximum atomic E-state index is 12.1. The molecule has 21 heavy (non-hydrogen) atoms. The molecule has 0 unspecified atom stereocenters. The lowest BCUT2D eigenvalue weighted by Gasteiger charge is -2.45.